The standard InChI is InChI=1S/C19H18Cl2N2O2/c1-11-5-6-19(25,15-4-3-7-22-17(11)15)18(24)23-10-14-12(2)8-13(20)9-16(14)21/h3-4,7-9,25H,1,5-6,10H2,2H3,(H,23,24). The van der Waals surface area contributed by atoms with Gasteiger partial charge in [-0.1, -0.05) is 35.8 Å². The summed E-state index contributed by atoms with van der Waals surface area (Å²) in [4.78, 5) is 17.0. The Morgan fingerprint density at radius 2 is 2.20 bits per heavy atom. The van der Waals surface area contributed by atoms with Crippen LogP contribution in [0, 0.1) is 6.92 Å². The molecule has 25 heavy (non-hydrogen) atoms. The minimum atomic E-state index is -1.63. The maximum absolute atomic E-state index is 12.8. The van der Waals surface area contributed by atoms with E-state index in [1.165, 1.54) is 0 Å². The molecule has 3 rings (SSSR count). The van der Waals surface area contributed by atoms with Gasteiger partial charge in [-0.05, 0) is 54.7 Å². The summed E-state index contributed by atoms with van der Waals surface area (Å²) < 4.78 is 0. The average Bonchev–Trinajstić information content (AvgIpc) is 2.57. The molecule has 1 aromatic carbocycles. The van der Waals surface area contributed by atoms with Crippen LogP contribution in [0.4, 0.5) is 0 Å². The molecule has 1 heterocycles. The van der Waals surface area contributed by atoms with Gasteiger partial charge in [-0.15, -0.1) is 0 Å². The third-order valence-electron chi connectivity index (χ3n) is 4.56. The highest BCUT2D eigenvalue weighted by atomic mass is 35.5. The summed E-state index contributed by atoms with van der Waals surface area (Å²) >= 11 is 12.2. The summed E-state index contributed by atoms with van der Waals surface area (Å²) in [5.74, 6) is -0.473. The fourth-order valence-electron chi connectivity index (χ4n) is 3.11. The molecular formula is C19H18Cl2N2O2. The molecule has 1 aliphatic carbocycles. The molecule has 0 bridgehead atoms. The Morgan fingerprint density at radius 3 is 2.92 bits per heavy atom. The number of allylic oxidation sites excluding steroid dienone is 1. The first-order chi connectivity index (χ1) is 11.8. The number of carbonyl (C=O) groups is 1. The number of amides is 1. The van der Waals surface area contributed by atoms with Gasteiger partial charge >= 0.3 is 0 Å². The molecule has 2 aromatic rings. The Morgan fingerprint density at radius 1 is 1.44 bits per heavy atom. The maximum Gasteiger partial charge on any atom is 0.256 e. The van der Waals surface area contributed by atoms with E-state index in [1.807, 2.05) is 6.92 Å². The van der Waals surface area contributed by atoms with Gasteiger partial charge in [0, 0.05) is 28.4 Å². The van der Waals surface area contributed by atoms with Crippen LogP contribution < -0.4 is 5.32 Å². The first-order valence-electron chi connectivity index (χ1n) is 7.92. The summed E-state index contributed by atoms with van der Waals surface area (Å²) in [5, 5.41) is 14.8. The summed E-state index contributed by atoms with van der Waals surface area (Å²) in [7, 11) is 0. The topological polar surface area (TPSA) is 62.2 Å². The van der Waals surface area contributed by atoms with Crippen molar-refractivity contribution in [2.45, 2.75) is 31.9 Å². The van der Waals surface area contributed by atoms with E-state index in [1.54, 1.807) is 30.5 Å². The van der Waals surface area contributed by atoms with Crippen LogP contribution in [-0.4, -0.2) is 16.0 Å². The fraction of sp³-hybridized carbons (Fsp3) is 0.263. The Labute approximate surface area is 156 Å². The molecular weight excluding hydrogens is 359 g/mol. The van der Waals surface area contributed by atoms with E-state index < -0.39 is 11.5 Å². The van der Waals surface area contributed by atoms with Crippen molar-refractivity contribution in [1.29, 1.82) is 0 Å². The van der Waals surface area contributed by atoms with Gasteiger partial charge in [-0.2, -0.15) is 0 Å². The van der Waals surface area contributed by atoms with Gasteiger partial charge in [0.1, 0.15) is 0 Å². The van der Waals surface area contributed by atoms with E-state index in [9.17, 15) is 9.90 Å². The molecule has 0 spiro atoms. The molecule has 6 heteroatoms. The van der Waals surface area contributed by atoms with Crippen LogP contribution in [0.5, 0.6) is 0 Å². The van der Waals surface area contributed by atoms with Crippen LogP contribution in [0.1, 0.15) is 35.2 Å². The van der Waals surface area contributed by atoms with Gasteiger partial charge in [0.25, 0.3) is 5.91 Å². The van der Waals surface area contributed by atoms with E-state index in [4.69, 9.17) is 23.2 Å². The molecule has 0 saturated heterocycles. The minimum Gasteiger partial charge on any atom is -0.375 e. The lowest BCUT2D eigenvalue weighted by atomic mass is 9.79. The van der Waals surface area contributed by atoms with E-state index >= 15 is 0 Å². The van der Waals surface area contributed by atoms with Crippen LogP contribution in [0.25, 0.3) is 5.57 Å². The predicted octanol–water partition coefficient (Wildman–Crippen LogP) is 4.01. The maximum atomic E-state index is 12.8. The summed E-state index contributed by atoms with van der Waals surface area (Å²) in [6.45, 7) is 6.05. The lowest BCUT2D eigenvalue weighted by Crippen LogP contribution is -2.46. The summed E-state index contributed by atoms with van der Waals surface area (Å²) in [6, 6.07) is 6.84. The second kappa shape index (κ2) is 6.79. The smallest absolute Gasteiger partial charge is 0.256 e. The van der Waals surface area contributed by atoms with Gasteiger partial charge in [0.15, 0.2) is 5.60 Å². The van der Waals surface area contributed by atoms with Crippen molar-refractivity contribution in [2.75, 3.05) is 0 Å². The number of carbonyl (C=O) groups excluding carboxylic acids is 1. The van der Waals surface area contributed by atoms with Crippen molar-refractivity contribution < 1.29 is 9.90 Å². The van der Waals surface area contributed by atoms with E-state index in [0.717, 1.165) is 16.7 Å². The Bertz CT molecular complexity index is 843. The summed E-state index contributed by atoms with van der Waals surface area (Å²) in [6.07, 6.45) is 2.41. The van der Waals surface area contributed by atoms with Crippen molar-refractivity contribution in [3.63, 3.8) is 0 Å². The number of rotatable bonds is 3. The molecule has 2 N–H and O–H groups in total. The number of hydrogen-bond donors (Lipinski definition) is 2. The number of nitrogens with zero attached hydrogens (tertiary/aromatic N) is 1. The van der Waals surface area contributed by atoms with E-state index in [0.29, 0.717) is 27.7 Å². The molecule has 1 aliphatic rings. The molecule has 1 unspecified atom stereocenters. The number of aryl methyl sites for hydroxylation is 1. The third kappa shape index (κ3) is 3.30. The Balaban J connectivity index is 1.85. The van der Waals surface area contributed by atoms with Gasteiger partial charge in [-0.3, -0.25) is 9.78 Å². The number of fused-ring (bicyclic) bond motifs is 1. The molecule has 0 saturated carbocycles. The zero-order chi connectivity index (χ0) is 18.2. The highest BCUT2D eigenvalue weighted by Crippen LogP contribution is 2.39. The zero-order valence-electron chi connectivity index (χ0n) is 13.8. The van der Waals surface area contributed by atoms with Crippen molar-refractivity contribution >= 4 is 34.7 Å². The number of aliphatic hydroxyl groups is 1. The molecule has 4 nitrogen and oxygen atoms in total. The van der Waals surface area contributed by atoms with Crippen LogP contribution >= 0.6 is 23.2 Å². The highest BCUT2D eigenvalue weighted by Gasteiger charge is 2.42. The predicted molar refractivity (Wildman–Crippen MR) is 99.4 cm³/mol. The number of halogens is 2. The number of benzene rings is 1. The Hall–Kier alpha value is -1.88. The average molecular weight is 377 g/mol. The lowest BCUT2D eigenvalue weighted by Gasteiger charge is -2.33. The molecule has 1 atom stereocenters. The molecule has 0 fully saturated rings. The van der Waals surface area contributed by atoms with E-state index in [2.05, 4.69) is 16.9 Å². The molecule has 130 valence electrons. The zero-order valence-corrected chi connectivity index (χ0v) is 15.3. The number of pyridine rings is 1. The largest absolute Gasteiger partial charge is 0.375 e. The van der Waals surface area contributed by atoms with Crippen molar-refractivity contribution in [1.82, 2.24) is 10.3 Å². The number of hydrogen-bond acceptors (Lipinski definition) is 3. The van der Waals surface area contributed by atoms with Crippen LogP contribution in [0.3, 0.4) is 0 Å². The third-order valence-corrected chi connectivity index (χ3v) is 5.12. The summed E-state index contributed by atoms with van der Waals surface area (Å²) in [5.41, 5.74) is 1.93. The van der Waals surface area contributed by atoms with Crippen LogP contribution in [-0.2, 0) is 16.9 Å². The van der Waals surface area contributed by atoms with Crippen LogP contribution in [0.15, 0.2) is 37.0 Å². The van der Waals surface area contributed by atoms with Crippen LogP contribution in [0.2, 0.25) is 10.0 Å². The molecule has 0 radical (unpaired) electrons. The second-order valence-corrected chi connectivity index (χ2v) is 7.07. The molecule has 0 aliphatic heterocycles. The quantitative estimate of drug-likeness (QED) is 0.850. The van der Waals surface area contributed by atoms with E-state index in [-0.39, 0.29) is 13.0 Å². The Kier molecular flexibility index (Phi) is 4.87. The minimum absolute atomic E-state index is 0.208. The lowest BCUT2D eigenvalue weighted by molar-refractivity contribution is -0.142. The van der Waals surface area contributed by atoms with Gasteiger partial charge < -0.3 is 10.4 Å². The number of nitrogens with one attached hydrogen (secondary N) is 1. The number of aromatic nitrogens is 1. The first kappa shape index (κ1) is 17.9. The fourth-order valence-corrected chi connectivity index (χ4v) is 3.77. The molecule has 1 amide bonds. The van der Waals surface area contributed by atoms with Gasteiger partial charge in [0.2, 0.25) is 0 Å². The van der Waals surface area contributed by atoms with Crippen molar-refractivity contribution in [3.05, 3.63) is 69.5 Å². The van der Waals surface area contributed by atoms with Gasteiger partial charge in [0.05, 0.1) is 5.69 Å². The normalized spacial score (nSPS) is 19.4. The monoisotopic (exact) mass is 376 g/mol. The highest BCUT2D eigenvalue weighted by molar-refractivity contribution is 6.35. The SMILES string of the molecule is C=C1CCC(O)(C(=O)NCc2c(C)cc(Cl)cc2Cl)c2cccnc21. The van der Waals surface area contributed by atoms with Crippen molar-refractivity contribution in [3.8, 4) is 0 Å². The first-order valence-corrected chi connectivity index (χ1v) is 8.67. The van der Waals surface area contributed by atoms with Crippen molar-refractivity contribution in [2.24, 2.45) is 0 Å². The van der Waals surface area contributed by atoms with Gasteiger partial charge in [-0.25, -0.2) is 0 Å². The second-order valence-electron chi connectivity index (χ2n) is 6.23. The molecule has 1 aromatic heterocycles.